The van der Waals surface area contributed by atoms with Gasteiger partial charge in [-0.1, -0.05) is 245 Å². The van der Waals surface area contributed by atoms with E-state index in [1.807, 2.05) is 0 Å². The summed E-state index contributed by atoms with van der Waals surface area (Å²) in [4.78, 5) is 60.6. The average Bonchev–Trinajstić information content (AvgIpc) is 2.04. The molecule has 12 atom stereocenters. The number of phosphoric acid groups is 1. The molecule has 2 saturated heterocycles. The third-order valence-corrected chi connectivity index (χ3v) is 17.7. The van der Waals surface area contributed by atoms with Crippen molar-refractivity contribution in [3.8, 4) is 0 Å². The first-order valence-electron chi connectivity index (χ1n) is 35.2. The average molecular weight is 1270 g/mol. The Bertz CT molecular complexity index is 1720. The summed E-state index contributed by atoms with van der Waals surface area (Å²) in [6, 6.07) is -2.87. The van der Waals surface area contributed by atoms with Gasteiger partial charge in [0.2, 0.25) is 11.8 Å². The van der Waals surface area contributed by atoms with Crippen LogP contribution in [0.1, 0.15) is 303 Å². The standard InChI is InChI=1S/C66H128N3O17P/c1-4-7-10-13-16-23-28-33-38-43-52(71)48-56(72)68-59-62(76)61(75)55(85-65(59)81-47-42-37-32-27-22-20-19-21-26-31-36-41-46-67)51-82-66-60(63(77)64(54(50-70)84-66)86-87(78,79)80)69-57(73)49-53(44-39-34-29-24-17-14-11-8-5-2)83-58(74)45-40-35-30-25-18-15-12-9-6-3/h52-55,59-66,70-71,75-77H,4-51,67H2,1-3H3,(H,68,72)(H,69,73)(H2,78,79,80)/t52-,53-,54-,55-,59-,60-,61-,62-,63-,64-,65+,66-/m1/s1. The number of nitrogens with one attached hydrogen (secondary N) is 2. The summed E-state index contributed by atoms with van der Waals surface area (Å²) in [5, 5.41) is 61.8. The van der Waals surface area contributed by atoms with Crippen LogP contribution in [0.4, 0.5) is 0 Å². The molecule has 0 aromatic rings. The second-order valence-electron chi connectivity index (χ2n) is 25.2. The van der Waals surface area contributed by atoms with Crippen molar-refractivity contribution < 1.29 is 82.5 Å². The van der Waals surface area contributed by atoms with Gasteiger partial charge in [0, 0.05) is 13.0 Å². The van der Waals surface area contributed by atoms with Crippen LogP contribution in [0, 0.1) is 0 Å². The number of aliphatic hydroxyl groups excluding tert-OH is 5. The molecule has 20 nitrogen and oxygen atoms in total. The Hall–Kier alpha value is -1.88. The molecule has 2 heterocycles. The first kappa shape index (κ1) is 81.2. The molecule has 2 fully saturated rings. The van der Waals surface area contributed by atoms with Gasteiger partial charge in [0.25, 0.3) is 0 Å². The number of hydrogen-bond acceptors (Lipinski definition) is 16. The fourth-order valence-electron chi connectivity index (χ4n) is 11.8. The van der Waals surface area contributed by atoms with Gasteiger partial charge < -0.3 is 75.4 Å². The molecular weight excluding hydrogens is 1140 g/mol. The van der Waals surface area contributed by atoms with Crippen molar-refractivity contribution in [2.45, 2.75) is 377 Å². The number of amides is 2. The van der Waals surface area contributed by atoms with Crippen molar-refractivity contribution in [1.82, 2.24) is 10.6 Å². The van der Waals surface area contributed by atoms with Crippen LogP contribution in [0.5, 0.6) is 0 Å². The number of esters is 1. The highest BCUT2D eigenvalue weighted by atomic mass is 31.2. The Morgan fingerprint density at radius 3 is 1.38 bits per heavy atom. The first-order valence-corrected chi connectivity index (χ1v) is 36.7. The minimum absolute atomic E-state index is 0.192. The zero-order chi connectivity index (χ0) is 63.8. The van der Waals surface area contributed by atoms with Gasteiger partial charge in [-0.15, -0.1) is 0 Å². The molecule has 0 radical (unpaired) electrons. The summed E-state index contributed by atoms with van der Waals surface area (Å²) in [6.07, 6.45) is 28.0. The van der Waals surface area contributed by atoms with Gasteiger partial charge in [-0.25, -0.2) is 4.57 Å². The molecule has 0 aromatic heterocycles. The SMILES string of the molecule is CCCCCCCCCCCC(=O)O[C@H](CCCCCCCCCCC)CC(=O)N[C@H]1[C@H](OC[C@H]2O[C@H](OCCCCCCCCCCCCCCN)[C@H](NC(=O)C[C@H](O)CCCCCCCCCCC)[C@@H](O)[C@@H]2O)O[C@H](CO)[C@@H](OP(=O)(O)O)[C@@H]1O. The maximum Gasteiger partial charge on any atom is 0.470 e. The Balaban J connectivity index is 2.24. The summed E-state index contributed by atoms with van der Waals surface area (Å²) < 4.78 is 47.7. The molecule has 87 heavy (non-hydrogen) atoms. The molecular formula is C66H128N3O17P. The number of phosphoric ester groups is 1. The third kappa shape index (κ3) is 40.0. The molecule has 2 aliphatic heterocycles. The molecule has 2 aliphatic rings. The lowest BCUT2D eigenvalue weighted by molar-refractivity contribution is -0.302. The molecule has 0 aliphatic carbocycles. The van der Waals surface area contributed by atoms with E-state index in [9.17, 15) is 54.3 Å². The highest BCUT2D eigenvalue weighted by molar-refractivity contribution is 7.46. The van der Waals surface area contributed by atoms with E-state index in [1.165, 1.54) is 128 Å². The van der Waals surface area contributed by atoms with Gasteiger partial charge >= 0.3 is 13.8 Å². The van der Waals surface area contributed by atoms with E-state index in [1.54, 1.807) is 0 Å². The lowest BCUT2D eigenvalue weighted by atomic mass is 9.95. The quantitative estimate of drug-likeness (QED) is 0.0154. The number of carbonyl (C=O) groups excluding carboxylic acids is 3. The van der Waals surface area contributed by atoms with E-state index in [-0.39, 0.29) is 25.9 Å². The van der Waals surface area contributed by atoms with Gasteiger partial charge in [-0.3, -0.25) is 18.9 Å². The number of carbonyl (C=O) groups is 3. The molecule has 11 N–H and O–H groups in total. The van der Waals surface area contributed by atoms with Crippen molar-refractivity contribution >= 4 is 25.6 Å². The van der Waals surface area contributed by atoms with Gasteiger partial charge in [-0.2, -0.15) is 0 Å². The molecule has 2 amide bonds. The maximum absolute atomic E-state index is 14.1. The summed E-state index contributed by atoms with van der Waals surface area (Å²) in [7, 11) is -5.32. The number of nitrogens with two attached hydrogens (primary N) is 1. The number of aliphatic hydroxyl groups is 5. The van der Waals surface area contributed by atoms with Crippen LogP contribution in [0.3, 0.4) is 0 Å². The number of ether oxygens (including phenoxy) is 5. The molecule has 2 rings (SSSR count). The van der Waals surface area contributed by atoms with E-state index >= 15 is 0 Å². The highest BCUT2D eigenvalue weighted by Gasteiger charge is 2.51. The number of hydrogen-bond donors (Lipinski definition) is 10. The lowest BCUT2D eigenvalue weighted by Crippen LogP contribution is -2.67. The van der Waals surface area contributed by atoms with E-state index in [0.29, 0.717) is 32.1 Å². The van der Waals surface area contributed by atoms with Gasteiger partial charge in [0.1, 0.15) is 54.8 Å². The van der Waals surface area contributed by atoms with Crippen LogP contribution in [-0.4, -0.2) is 153 Å². The predicted octanol–water partition coefficient (Wildman–Crippen LogP) is 11.4. The molecule has 0 saturated carbocycles. The monoisotopic (exact) mass is 1270 g/mol. The number of rotatable bonds is 58. The van der Waals surface area contributed by atoms with Crippen molar-refractivity contribution in [3.05, 3.63) is 0 Å². The van der Waals surface area contributed by atoms with Gasteiger partial charge in [0.05, 0.1) is 32.2 Å². The second-order valence-corrected chi connectivity index (χ2v) is 26.4. The topological polar surface area (TPSA) is 315 Å². The minimum Gasteiger partial charge on any atom is -0.462 e. The maximum atomic E-state index is 14.1. The fraction of sp³-hybridized carbons (Fsp3) is 0.955. The van der Waals surface area contributed by atoms with Crippen molar-refractivity contribution in [1.29, 1.82) is 0 Å². The van der Waals surface area contributed by atoms with Gasteiger partial charge in [0.15, 0.2) is 12.6 Å². The lowest BCUT2D eigenvalue weighted by Gasteiger charge is -2.45. The Labute approximate surface area is 525 Å². The van der Waals surface area contributed by atoms with Crippen LogP contribution < -0.4 is 16.4 Å². The zero-order valence-electron chi connectivity index (χ0n) is 54.6. The van der Waals surface area contributed by atoms with E-state index in [4.69, 9.17) is 33.9 Å². The van der Waals surface area contributed by atoms with Crippen molar-refractivity contribution in [2.24, 2.45) is 5.73 Å². The van der Waals surface area contributed by atoms with E-state index < -0.39 is 112 Å². The highest BCUT2D eigenvalue weighted by Crippen LogP contribution is 2.42. The van der Waals surface area contributed by atoms with Gasteiger partial charge in [-0.05, 0) is 45.1 Å². The smallest absolute Gasteiger partial charge is 0.462 e. The summed E-state index contributed by atoms with van der Waals surface area (Å²) >= 11 is 0. The van der Waals surface area contributed by atoms with Crippen LogP contribution >= 0.6 is 7.82 Å². The Kier molecular flexibility index (Phi) is 49.1. The zero-order valence-corrected chi connectivity index (χ0v) is 55.5. The Morgan fingerprint density at radius 2 is 0.908 bits per heavy atom. The third-order valence-electron chi connectivity index (χ3n) is 17.2. The van der Waals surface area contributed by atoms with Crippen LogP contribution in [0.25, 0.3) is 0 Å². The number of unbranched alkanes of at least 4 members (excludes halogenated alkanes) is 35. The summed E-state index contributed by atoms with van der Waals surface area (Å²) in [5.41, 5.74) is 5.61. The van der Waals surface area contributed by atoms with E-state index in [0.717, 1.165) is 109 Å². The predicted molar refractivity (Wildman–Crippen MR) is 340 cm³/mol. The first-order chi connectivity index (χ1) is 42.1. The minimum atomic E-state index is -5.32. The molecule has 0 spiro atoms. The largest absolute Gasteiger partial charge is 0.470 e. The van der Waals surface area contributed by atoms with Crippen LogP contribution in [0.2, 0.25) is 0 Å². The second kappa shape index (κ2) is 52.6. The van der Waals surface area contributed by atoms with Crippen LogP contribution in [-0.2, 0) is 47.2 Å². The van der Waals surface area contributed by atoms with E-state index in [2.05, 4.69) is 31.4 Å². The normalized spacial score (nSPS) is 23.2. The summed E-state index contributed by atoms with van der Waals surface area (Å²) in [5.74, 6) is -1.69. The summed E-state index contributed by atoms with van der Waals surface area (Å²) in [6.45, 7) is 6.04. The van der Waals surface area contributed by atoms with Crippen LogP contribution in [0.15, 0.2) is 0 Å². The fourth-order valence-corrected chi connectivity index (χ4v) is 12.4. The van der Waals surface area contributed by atoms with Crippen molar-refractivity contribution in [2.75, 3.05) is 26.4 Å². The molecule has 514 valence electrons. The Morgan fingerprint density at radius 1 is 0.506 bits per heavy atom. The molecule has 21 heteroatoms. The molecule has 0 unspecified atom stereocenters. The molecule has 0 bridgehead atoms. The van der Waals surface area contributed by atoms with Crippen molar-refractivity contribution in [3.63, 3.8) is 0 Å². The molecule has 0 aromatic carbocycles.